The monoisotopic (exact) mass is 531 g/mol. The Bertz CT molecular complexity index is 1220. The number of fused-ring (bicyclic) bond motifs is 1. The molecule has 6 heteroatoms. The molecule has 1 aliphatic rings. The van der Waals surface area contributed by atoms with Crippen LogP contribution in [0.5, 0.6) is 0 Å². The Morgan fingerprint density at radius 1 is 0.974 bits per heavy atom. The topological polar surface area (TPSA) is 52.7 Å². The number of benzene rings is 2. The maximum atomic E-state index is 14.0. The largest absolute Gasteiger partial charge is 0.330 e. The molecule has 5 nitrogen and oxygen atoms in total. The smallest absolute Gasteiger partial charge is 0.322 e. The van der Waals surface area contributed by atoms with Gasteiger partial charge in [0.15, 0.2) is 0 Å². The third-order valence-electron chi connectivity index (χ3n) is 7.70. The number of para-hydroxylation sites is 1. The Kier molecular flexibility index (Phi) is 8.93. The van der Waals surface area contributed by atoms with Gasteiger partial charge in [0.2, 0.25) is 5.91 Å². The van der Waals surface area contributed by atoms with E-state index in [9.17, 15) is 9.59 Å². The molecule has 3 amide bonds. The third-order valence-corrected chi connectivity index (χ3v) is 8.69. The number of urea groups is 1. The fourth-order valence-electron chi connectivity index (χ4n) is 5.34. The summed E-state index contributed by atoms with van der Waals surface area (Å²) in [6.07, 6.45) is 1.61. The van der Waals surface area contributed by atoms with Gasteiger partial charge in [0.05, 0.1) is 6.04 Å². The molecule has 1 aromatic heterocycles. The van der Waals surface area contributed by atoms with Crippen molar-refractivity contribution in [2.45, 2.75) is 78.3 Å². The van der Waals surface area contributed by atoms with Crippen molar-refractivity contribution in [3.05, 3.63) is 87.1 Å². The van der Waals surface area contributed by atoms with Crippen LogP contribution in [0.4, 0.5) is 10.5 Å². The lowest BCUT2D eigenvalue weighted by Crippen LogP contribution is -2.50. The molecule has 38 heavy (non-hydrogen) atoms. The average Bonchev–Trinajstić information content (AvgIpc) is 3.39. The number of hydrogen-bond acceptors (Lipinski definition) is 3. The minimum absolute atomic E-state index is 0.0209. The van der Waals surface area contributed by atoms with E-state index in [4.69, 9.17) is 0 Å². The first kappa shape index (κ1) is 27.9. The van der Waals surface area contributed by atoms with E-state index in [2.05, 4.69) is 81.7 Å². The van der Waals surface area contributed by atoms with Crippen molar-refractivity contribution in [1.82, 2.24) is 9.80 Å². The molecule has 2 unspecified atom stereocenters. The van der Waals surface area contributed by atoms with Crippen LogP contribution in [0.1, 0.15) is 93.0 Å². The molecule has 2 aromatic carbocycles. The van der Waals surface area contributed by atoms with Crippen LogP contribution in [0.3, 0.4) is 0 Å². The Morgan fingerprint density at radius 3 is 2.24 bits per heavy atom. The summed E-state index contributed by atoms with van der Waals surface area (Å²) in [5.74, 6) is 0.511. The van der Waals surface area contributed by atoms with Crippen molar-refractivity contribution in [1.29, 1.82) is 0 Å². The number of carbonyl (C=O) groups is 2. The molecule has 2 atom stereocenters. The summed E-state index contributed by atoms with van der Waals surface area (Å²) in [5, 5.41) is 5.35. The summed E-state index contributed by atoms with van der Waals surface area (Å²) in [4.78, 5) is 32.8. The fraction of sp³-hybridized carbons (Fsp3) is 0.438. The highest BCUT2D eigenvalue weighted by Crippen LogP contribution is 2.38. The fourth-order valence-corrected chi connectivity index (χ4v) is 6.24. The lowest BCUT2D eigenvalue weighted by Gasteiger charge is -2.38. The molecule has 202 valence electrons. The summed E-state index contributed by atoms with van der Waals surface area (Å²) in [6, 6.07) is 18.2. The van der Waals surface area contributed by atoms with Crippen LogP contribution >= 0.6 is 11.3 Å². The number of nitrogens with zero attached hydrogens (tertiary/aromatic N) is 2. The van der Waals surface area contributed by atoms with Crippen LogP contribution in [-0.4, -0.2) is 40.9 Å². The average molecular weight is 532 g/mol. The van der Waals surface area contributed by atoms with Crippen molar-refractivity contribution < 1.29 is 9.59 Å². The second kappa shape index (κ2) is 12.2. The van der Waals surface area contributed by atoms with Gasteiger partial charge in [-0.2, -0.15) is 0 Å². The number of thiophene rings is 1. The highest BCUT2D eigenvalue weighted by atomic mass is 32.1. The molecule has 0 saturated carbocycles. The molecular weight excluding hydrogens is 490 g/mol. The zero-order valence-corrected chi connectivity index (χ0v) is 24.3. The molecule has 2 heterocycles. The van der Waals surface area contributed by atoms with Crippen LogP contribution in [0.25, 0.3) is 0 Å². The second-order valence-corrected chi connectivity index (χ2v) is 11.9. The van der Waals surface area contributed by atoms with Gasteiger partial charge < -0.3 is 15.1 Å². The summed E-state index contributed by atoms with van der Waals surface area (Å²) in [5.41, 5.74) is 5.42. The Balaban J connectivity index is 1.62. The van der Waals surface area contributed by atoms with E-state index in [1.807, 2.05) is 30.0 Å². The van der Waals surface area contributed by atoms with Gasteiger partial charge >= 0.3 is 6.03 Å². The highest BCUT2D eigenvalue weighted by molar-refractivity contribution is 7.10. The van der Waals surface area contributed by atoms with E-state index in [0.29, 0.717) is 6.54 Å². The number of carbonyl (C=O) groups excluding carboxylic acids is 2. The maximum Gasteiger partial charge on any atom is 0.322 e. The SMILES string of the molecule is CCC(C)N(CC(=O)N1CCc2sccc2C1c1ccccc1)C(=O)Nc1c(C(C)C)cccc1C(C)C. The molecule has 3 aromatic rings. The van der Waals surface area contributed by atoms with E-state index >= 15 is 0 Å². The first-order chi connectivity index (χ1) is 18.2. The summed E-state index contributed by atoms with van der Waals surface area (Å²) in [7, 11) is 0. The molecule has 0 radical (unpaired) electrons. The van der Waals surface area contributed by atoms with E-state index in [1.54, 1.807) is 16.2 Å². The molecule has 1 N–H and O–H groups in total. The number of hydrogen-bond donors (Lipinski definition) is 1. The summed E-state index contributed by atoms with van der Waals surface area (Å²) < 4.78 is 0. The predicted molar refractivity (Wildman–Crippen MR) is 158 cm³/mol. The van der Waals surface area contributed by atoms with Gasteiger partial charge in [0, 0.05) is 23.2 Å². The van der Waals surface area contributed by atoms with Gasteiger partial charge in [-0.05, 0) is 65.3 Å². The maximum absolute atomic E-state index is 14.0. The standard InChI is InChI=1S/C32H41N3O2S/c1-7-23(6)35(32(37)33-30-25(21(2)3)14-11-15-26(30)22(4)5)20-29(36)34-18-16-28-27(17-19-38-28)31(34)24-12-9-8-10-13-24/h8-15,17,19,21-23,31H,7,16,18,20H2,1-6H3,(H,33,37). The van der Waals surface area contributed by atoms with Crippen LogP contribution in [0.2, 0.25) is 0 Å². The third kappa shape index (κ3) is 5.80. The molecule has 0 bridgehead atoms. The molecule has 0 spiro atoms. The van der Waals surface area contributed by atoms with E-state index < -0.39 is 0 Å². The zero-order chi connectivity index (χ0) is 27.4. The first-order valence-corrected chi connectivity index (χ1v) is 14.7. The summed E-state index contributed by atoms with van der Waals surface area (Å²) in [6.45, 7) is 13.3. The van der Waals surface area contributed by atoms with E-state index in [1.165, 1.54) is 10.4 Å². The highest BCUT2D eigenvalue weighted by Gasteiger charge is 2.35. The number of amides is 3. The number of nitrogens with one attached hydrogen (secondary N) is 1. The zero-order valence-electron chi connectivity index (χ0n) is 23.5. The van der Waals surface area contributed by atoms with Crippen molar-refractivity contribution in [2.24, 2.45) is 0 Å². The predicted octanol–water partition coefficient (Wildman–Crippen LogP) is 7.80. The van der Waals surface area contributed by atoms with Gasteiger partial charge in [0.1, 0.15) is 6.54 Å². The van der Waals surface area contributed by atoms with E-state index in [-0.39, 0.29) is 42.4 Å². The minimum atomic E-state index is -0.216. The molecular formula is C32H41N3O2S. The van der Waals surface area contributed by atoms with E-state index in [0.717, 1.165) is 35.2 Å². The quantitative estimate of drug-likeness (QED) is 0.322. The minimum Gasteiger partial charge on any atom is -0.330 e. The van der Waals surface area contributed by atoms with Gasteiger partial charge in [-0.15, -0.1) is 11.3 Å². The Hall–Kier alpha value is -3.12. The van der Waals surface area contributed by atoms with Gasteiger partial charge in [0.25, 0.3) is 0 Å². The summed E-state index contributed by atoms with van der Waals surface area (Å²) >= 11 is 1.76. The van der Waals surface area contributed by atoms with Crippen LogP contribution in [0, 0.1) is 0 Å². The number of anilines is 1. The van der Waals surface area contributed by atoms with Crippen LogP contribution in [-0.2, 0) is 11.2 Å². The van der Waals surface area contributed by atoms with Crippen LogP contribution < -0.4 is 5.32 Å². The molecule has 0 saturated heterocycles. The Morgan fingerprint density at radius 2 is 1.63 bits per heavy atom. The van der Waals surface area contributed by atoms with Gasteiger partial charge in [-0.1, -0.05) is 83.1 Å². The van der Waals surface area contributed by atoms with Crippen molar-refractivity contribution in [3.8, 4) is 0 Å². The van der Waals surface area contributed by atoms with Gasteiger partial charge in [-0.25, -0.2) is 4.79 Å². The molecule has 0 fully saturated rings. The van der Waals surface area contributed by atoms with Crippen molar-refractivity contribution in [2.75, 3.05) is 18.4 Å². The number of rotatable bonds is 8. The van der Waals surface area contributed by atoms with Gasteiger partial charge in [-0.3, -0.25) is 4.79 Å². The lowest BCUT2D eigenvalue weighted by molar-refractivity contribution is -0.134. The molecule has 1 aliphatic heterocycles. The van der Waals surface area contributed by atoms with Crippen LogP contribution in [0.15, 0.2) is 60.0 Å². The normalized spacial score (nSPS) is 15.9. The van der Waals surface area contributed by atoms with Crippen molar-refractivity contribution >= 4 is 29.0 Å². The molecule has 4 rings (SSSR count). The first-order valence-electron chi connectivity index (χ1n) is 13.8. The Labute approximate surface area is 231 Å². The lowest BCUT2D eigenvalue weighted by atomic mass is 9.92. The van der Waals surface area contributed by atoms with Crippen molar-refractivity contribution in [3.63, 3.8) is 0 Å². The second-order valence-electron chi connectivity index (χ2n) is 10.9. The molecule has 0 aliphatic carbocycles.